The molecule has 0 radical (unpaired) electrons. The predicted molar refractivity (Wildman–Crippen MR) is 105 cm³/mol. The van der Waals surface area contributed by atoms with Crippen molar-refractivity contribution in [2.45, 2.75) is 39.7 Å². The first-order valence-electron chi connectivity index (χ1n) is 9.48. The Kier molecular flexibility index (Phi) is 5.22. The maximum absolute atomic E-state index is 13.3. The number of nitrogens with zero attached hydrogens (tertiary/aromatic N) is 5. The van der Waals surface area contributed by atoms with E-state index >= 15 is 0 Å². The summed E-state index contributed by atoms with van der Waals surface area (Å²) in [4.78, 5) is 22.1. The zero-order valence-electron chi connectivity index (χ0n) is 17.1. The summed E-state index contributed by atoms with van der Waals surface area (Å²) in [5.41, 5.74) is 1.95. The van der Waals surface area contributed by atoms with Crippen molar-refractivity contribution in [3.63, 3.8) is 0 Å². The average Bonchev–Trinajstić information content (AvgIpc) is 3.42. The molecule has 1 aromatic carbocycles. The van der Waals surface area contributed by atoms with Crippen LogP contribution in [0.3, 0.4) is 0 Å². The largest absolute Gasteiger partial charge is 0.446 e. The van der Waals surface area contributed by atoms with Crippen LogP contribution in [0.4, 0.5) is 8.78 Å². The standard InChI is InChI=1S/C21H19F2N5O3/c1-12-5-4-6-14(7-12)20-19(25-13(2)31-20)16(29)8-15-9-24-28(27-15)10-18-26-17(11-30-18)21(3,22)23/h4-7,9,11H,8,10H2,1-3H3. The van der Waals surface area contributed by atoms with Crippen molar-refractivity contribution in [1.29, 1.82) is 0 Å². The van der Waals surface area contributed by atoms with E-state index in [4.69, 9.17) is 8.83 Å². The Labute approximate surface area is 175 Å². The zero-order chi connectivity index (χ0) is 22.2. The number of hydrogen-bond acceptors (Lipinski definition) is 7. The summed E-state index contributed by atoms with van der Waals surface area (Å²) in [7, 11) is 0. The highest BCUT2D eigenvalue weighted by Gasteiger charge is 2.29. The number of rotatable bonds is 7. The molecule has 0 amide bonds. The normalized spacial score (nSPS) is 11.8. The smallest absolute Gasteiger partial charge is 0.290 e. The molecule has 0 aliphatic carbocycles. The van der Waals surface area contributed by atoms with Crippen molar-refractivity contribution >= 4 is 5.78 Å². The maximum Gasteiger partial charge on any atom is 0.290 e. The van der Waals surface area contributed by atoms with Gasteiger partial charge in [0.15, 0.2) is 23.1 Å². The van der Waals surface area contributed by atoms with Gasteiger partial charge in [-0.2, -0.15) is 23.8 Å². The molecule has 10 heteroatoms. The van der Waals surface area contributed by atoms with Crippen LogP contribution in [0.5, 0.6) is 0 Å². The van der Waals surface area contributed by atoms with Gasteiger partial charge < -0.3 is 8.83 Å². The van der Waals surface area contributed by atoms with Gasteiger partial charge in [-0.1, -0.05) is 23.8 Å². The van der Waals surface area contributed by atoms with Gasteiger partial charge >= 0.3 is 0 Å². The number of alkyl halides is 2. The molecule has 0 aliphatic rings. The van der Waals surface area contributed by atoms with E-state index < -0.39 is 11.6 Å². The molecule has 4 aromatic rings. The van der Waals surface area contributed by atoms with E-state index in [9.17, 15) is 13.6 Å². The van der Waals surface area contributed by atoms with Gasteiger partial charge in [-0.25, -0.2) is 9.97 Å². The monoisotopic (exact) mass is 427 g/mol. The second-order valence-corrected chi connectivity index (χ2v) is 7.26. The molecule has 0 fully saturated rings. The summed E-state index contributed by atoms with van der Waals surface area (Å²) >= 11 is 0. The number of Topliss-reactive ketones (excluding diaryl/α,β-unsaturated/α-hetero) is 1. The summed E-state index contributed by atoms with van der Waals surface area (Å²) in [5, 5.41) is 8.25. The first kappa shape index (κ1) is 20.6. The molecule has 160 valence electrons. The highest BCUT2D eigenvalue weighted by Crippen LogP contribution is 2.27. The molecule has 0 spiro atoms. The second kappa shape index (κ2) is 7.86. The van der Waals surface area contributed by atoms with Crippen LogP contribution in [0.2, 0.25) is 0 Å². The van der Waals surface area contributed by atoms with Gasteiger partial charge in [-0.3, -0.25) is 4.79 Å². The topological polar surface area (TPSA) is 99.8 Å². The SMILES string of the molecule is Cc1cccc(-c2oc(C)nc2C(=O)Cc2cnn(Cc3nc(C(C)(F)F)co3)n2)c1. The lowest BCUT2D eigenvalue weighted by Gasteiger charge is -2.03. The maximum atomic E-state index is 13.3. The predicted octanol–water partition coefficient (Wildman–Crippen LogP) is 4.12. The number of benzene rings is 1. The first-order valence-corrected chi connectivity index (χ1v) is 9.48. The van der Waals surface area contributed by atoms with Crippen molar-refractivity contribution in [1.82, 2.24) is 25.0 Å². The third-order valence-electron chi connectivity index (χ3n) is 4.48. The Morgan fingerprint density at radius 1 is 1.23 bits per heavy atom. The van der Waals surface area contributed by atoms with Gasteiger partial charge in [-0.15, -0.1) is 0 Å². The summed E-state index contributed by atoms with van der Waals surface area (Å²) in [6, 6.07) is 7.60. The molecule has 0 N–H and O–H groups in total. The highest BCUT2D eigenvalue weighted by atomic mass is 19.3. The Morgan fingerprint density at radius 2 is 2.03 bits per heavy atom. The van der Waals surface area contributed by atoms with E-state index in [1.807, 2.05) is 31.2 Å². The van der Waals surface area contributed by atoms with Crippen LogP contribution in [-0.2, 0) is 18.9 Å². The molecule has 0 saturated heterocycles. The van der Waals surface area contributed by atoms with E-state index in [0.29, 0.717) is 17.3 Å². The van der Waals surface area contributed by atoms with Crippen molar-refractivity contribution in [3.05, 3.63) is 71.2 Å². The summed E-state index contributed by atoms with van der Waals surface area (Å²) in [6.45, 7) is 4.32. The molecule has 8 nitrogen and oxygen atoms in total. The van der Waals surface area contributed by atoms with Crippen LogP contribution >= 0.6 is 0 Å². The van der Waals surface area contributed by atoms with Gasteiger partial charge in [0, 0.05) is 19.4 Å². The van der Waals surface area contributed by atoms with Crippen LogP contribution in [0.15, 0.2) is 45.6 Å². The van der Waals surface area contributed by atoms with Crippen molar-refractivity contribution in [3.8, 4) is 11.3 Å². The molecule has 31 heavy (non-hydrogen) atoms. The zero-order valence-corrected chi connectivity index (χ0v) is 17.1. The van der Waals surface area contributed by atoms with Gasteiger partial charge in [0.25, 0.3) is 5.92 Å². The van der Waals surface area contributed by atoms with Crippen LogP contribution in [0.25, 0.3) is 11.3 Å². The van der Waals surface area contributed by atoms with Crippen molar-refractivity contribution in [2.24, 2.45) is 0 Å². The Morgan fingerprint density at radius 3 is 2.74 bits per heavy atom. The van der Waals surface area contributed by atoms with Gasteiger partial charge in [0.2, 0.25) is 5.89 Å². The fraction of sp³-hybridized carbons (Fsp3) is 0.286. The molecule has 0 aliphatic heterocycles. The molecular formula is C21H19F2N5O3. The van der Waals surface area contributed by atoms with Gasteiger partial charge in [0.1, 0.15) is 18.5 Å². The first-order chi connectivity index (χ1) is 14.7. The molecule has 4 rings (SSSR count). The lowest BCUT2D eigenvalue weighted by Crippen LogP contribution is -2.10. The number of carbonyl (C=O) groups excluding carboxylic acids is 1. The number of carbonyl (C=O) groups is 1. The molecule has 3 heterocycles. The molecule has 3 aromatic heterocycles. The molecular weight excluding hydrogens is 408 g/mol. The molecule has 0 atom stereocenters. The van der Waals surface area contributed by atoms with Crippen LogP contribution < -0.4 is 0 Å². The van der Waals surface area contributed by atoms with Crippen LogP contribution in [0.1, 0.15) is 46.1 Å². The Balaban J connectivity index is 1.49. The third-order valence-corrected chi connectivity index (χ3v) is 4.48. The number of halogens is 2. The quantitative estimate of drug-likeness (QED) is 0.409. The number of aryl methyl sites for hydroxylation is 2. The number of hydrogen-bond donors (Lipinski definition) is 0. The highest BCUT2D eigenvalue weighted by molar-refractivity contribution is 6.00. The van der Waals surface area contributed by atoms with E-state index in [0.717, 1.165) is 24.3 Å². The van der Waals surface area contributed by atoms with Gasteiger partial charge in [0.05, 0.1) is 18.3 Å². The van der Waals surface area contributed by atoms with E-state index in [1.165, 1.54) is 11.0 Å². The lowest BCUT2D eigenvalue weighted by atomic mass is 10.0. The summed E-state index contributed by atoms with van der Waals surface area (Å²) in [5.74, 6) is -2.53. The average molecular weight is 427 g/mol. The van der Waals surface area contributed by atoms with E-state index in [1.54, 1.807) is 6.92 Å². The molecule has 0 bridgehead atoms. The summed E-state index contributed by atoms with van der Waals surface area (Å²) in [6.07, 6.45) is 2.28. The number of aromatic nitrogens is 5. The molecule has 0 unspecified atom stereocenters. The van der Waals surface area contributed by atoms with Crippen molar-refractivity contribution < 1.29 is 22.4 Å². The van der Waals surface area contributed by atoms with E-state index in [-0.39, 0.29) is 30.3 Å². The Bertz CT molecular complexity index is 1240. The summed E-state index contributed by atoms with van der Waals surface area (Å²) < 4.78 is 37.3. The molecule has 0 saturated carbocycles. The fourth-order valence-corrected chi connectivity index (χ4v) is 3.04. The van der Waals surface area contributed by atoms with E-state index in [2.05, 4.69) is 20.2 Å². The van der Waals surface area contributed by atoms with Crippen LogP contribution in [-0.4, -0.2) is 30.7 Å². The fourth-order valence-electron chi connectivity index (χ4n) is 3.04. The minimum atomic E-state index is -3.10. The number of ketones is 1. The number of oxazole rings is 2. The Hall–Kier alpha value is -3.69. The third kappa shape index (κ3) is 4.57. The second-order valence-electron chi connectivity index (χ2n) is 7.26. The van der Waals surface area contributed by atoms with Gasteiger partial charge in [-0.05, 0) is 13.0 Å². The lowest BCUT2D eigenvalue weighted by molar-refractivity contribution is 0.0126. The van der Waals surface area contributed by atoms with Crippen LogP contribution in [0, 0.1) is 13.8 Å². The minimum Gasteiger partial charge on any atom is -0.446 e. The van der Waals surface area contributed by atoms with Crippen molar-refractivity contribution in [2.75, 3.05) is 0 Å². The minimum absolute atomic E-state index is 0.0398.